The van der Waals surface area contributed by atoms with Crippen LogP contribution in [-0.2, 0) is 0 Å². The van der Waals surface area contributed by atoms with Crippen LogP contribution >= 0.6 is 7.26 Å². The van der Waals surface area contributed by atoms with Gasteiger partial charge in [0.15, 0.2) is 0 Å². The van der Waals surface area contributed by atoms with Gasteiger partial charge in [0, 0.05) is 0 Å². The first-order valence-electron chi connectivity index (χ1n) is 12.3. The molecule has 0 aromatic rings. The Morgan fingerprint density at radius 3 is 1.32 bits per heavy atom. The van der Waals surface area contributed by atoms with Gasteiger partial charge in [-0.25, -0.2) is 0 Å². The van der Waals surface area contributed by atoms with E-state index in [-0.39, 0.29) is 0 Å². The molecular formula is C27H51P. The number of rotatable bonds is 19. The number of allylic oxidation sites excluding steroid dienone is 5. The third kappa shape index (κ3) is 16.4. The van der Waals surface area contributed by atoms with Crippen molar-refractivity contribution in [1.29, 1.82) is 0 Å². The first-order chi connectivity index (χ1) is 13.7. The molecule has 0 rings (SSSR count). The molecule has 0 amide bonds. The topological polar surface area (TPSA) is 0 Å². The van der Waals surface area contributed by atoms with E-state index in [1.807, 2.05) is 0 Å². The van der Waals surface area contributed by atoms with Gasteiger partial charge in [-0.2, -0.15) is 0 Å². The van der Waals surface area contributed by atoms with Crippen LogP contribution in [0.15, 0.2) is 47.8 Å². The Morgan fingerprint density at radius 1 is 0.500 bits per heavy atom. The Bertz CT molecular complexity index is 396. The second-order valence-electron chi connectivity index (χ2n) is 8.30. The van der Waals surface area contributed by atoms with Crippen molar-refractivity contribution < 1.29 is 0 Å². The zero-order valence-electron chi connectivity index (χ0n) is 19.7. The Morgan fingerprint density at radius 2 is 0.893 bits per heavy atom. The van der Waals surface area contributed by atoms with Crippen molar-refractivity contribution >= 4 is 7.26 Å². The van der Waals surface area contributed by atoms with E-state index in [4.69, 9.17) is 0 Å². The monoisotopic (exact) mass is 406 g/mol. The quantitative estimate of drug-likeness (QED) is 0.114. The summed E-state index contributed by atoms with van der Waals surface area (Å²) >= 11 is 0. The van der Waals surface area contributed by atoms with E-state index in [0.717, 1.165) is 0 Å². The Hall–Kier alpha value is -0.610. The number of hydrogen-bond acceptors (Lipinski definition) is 0. The molecule has 0 aliphatic rings. The van der Waals surface area contributed by atoms with Crippen LogP contribution in [0.3, 0.4) is 0 Å². The van der Waals surface area contributed by atoms with Crippen molar-refractivity contribution in [3.8, 4) is 0 Å². The summed E-state index contributed by atoms with van der Waals surface area (Å²) in [6.45, 7) is 8.78. The van der Waals surface area contributed by atoms with Gasteiger partial charge in [-0.1, -0.05) is 39.0 Å². The molecule has 0 fully saturated rings. The van der Waals surface area contributed by atoms with E-state index in [9.17, 15) is 0 Å². The fourth-order valence-corrected chi connectivity index (χ4v) is 7.58. The van der Waals surface area contributed by atoms with Gasteiger partial charge in [0.1, 0.15) is 0 Å². The van der Waals surface area contributed by atoms with Gasteiger partial charge >= 0.3 is 140 Å². The molecule has 0 aromatic carbocycles. The molecule has 0 heterocycles. The minimum Gasteiger partial charge on any atom is -0.0654 e. The average Bonchev–Trinajstić information content (AvgIpc) is 2.68. The molecule has 0 aliphatic carbocycles. The Labute approximate surface area is 179 Å². The molecule has 0 atom stereocenters. The van der Waals surface area contributed by atoms with Crippen LogP contribution in [-0.4, -0.2) is 6.16 Å². The second kappa shape index (κ2) is 21.1. The molecular weight excluding hydrogens is 355 g/mol. The summed E-state index contributed by atoms with van der Waals surface area (Å²) in [4.78, 5) is 0. The third-order valence-electron chi connectivity index (χ3n) is 5.55. The van der Waals surface area contributed by atoms with Gasteiger partial charge in [-0.3, -0.25) is 0 Å². The summed E-state index contributed by atoms with van der Waals surface area (Å²) in [7, 11) is -1.45. The minimum absolute atomic E-state index is 1.29. The van der Waals surface area contributed by atoms with E-state index in [0.29, 0.717) is 0 Å². The van der Waals surface area contributed by atoms with Crippen LogP contribution in [0.2, 0.25) is 0 Å². The first kappa shape index (κ1) is 27.4. The van der Waals surface area contributed by atoms with Crippen molar-refractivity contribution in [2.24, 2.45) is 0 Å². The molecule has 1 heteroatoms. The average molecular weight is 407 g/mol. The van der Waals surface area contributed by atoms with Crippen LogP contribution in [0.5, 0.6) is 0 Å². The van der Waals surface area contributed by atoms with Gasteiger partial charge in [0.2, 0.25) is 0 Å². The van der Waals surface area contributed by atoms with Crippen LogP contribution in [0.25, 0.3) is 0 Å². The van der Waals surface area contributed by atoms with E-state index in [2.05, 4.69) is 75.5 Å². The summed E-state index contributed by atoms with van der Waals surface area (Å²) in [6.07, 6.45) is 32.4. The Kier molecular flexibility index (Phi) is 20.6. The second-order valence-corrected chi connectivity index (χ2v) is 12.0. The van der Waals surface area contributed by atoms with Crippen molar-refractivity contribution in [2.75, 3.05) is 6.16 Å². The molecule has 0 unspecified atom stereocenters. The molecule has 0 saturated heterocycles. The molecule has 0 saturated carbocycles. The van der Waals surface area contributed by atoms with Gasteiger partial charge in [-0.15, -0.1) is 0 Å². The molecule has 0 nitrogen and oxygen atoms in total. The van der Waals surface area contributed by atoms with Crippen molar-refractivity contribution in [2.45, 2.75) is 118 Å². The molecule has 0 aliphatic heterocycles. The summed E-state index contributed by atoms with van der Waals surface area (Å²) in [5.74, 6) is 7.47. The van der Waals surface area contributed by atoms with Gasteiger partial charge in [-0.05, 0) is 0 Å². The van der Waals surface area contributed by atoms with E-state index >= 15 is 0 Å². The summed E-state index contributed by atoms with van der Waals surface area (Å²) < 4.78 is 0. The number of hydrogen-bond donors (Lipinski definition) is 0. The van der Waals surface area contributed by atoms with Crippen LogP contribution in [0.1, 0.15) is 118 Å². The predicted octanol–water partition coefficient (Wildman–Crippen LogP) is 10.4. The zero-order chi connectivity index (χ0) is 20.8. The van der Waals surface area contributed by atoms with E-state index < -0.39 is 7.26 Å². The summed E-state index contributed by atoms with van der Waals surface area (Å²) in [6, 6.07) is 0. The molecule has 0 spiro atoms. The van der Waals surface area contributed by atoms with Crippen LogP contribution in [0.4, 0.5) is 0 Å². The fourth-order valence-electron chi connectivity index (χ4n) is 4.03. The van der Waals surface area contributed by atoms with Crippen molar-refractivity contribution in [3.05, 3.63) is 47.8 Å². The van der Waals surface area contributed by atoms with Crippen LogP contribution in [0, 0.1) is 0 Å². The van der Waals surface area contributed by atoms with Crippen molar-refractivity contribution in [1.82, 2.24) is 0 Å². The van der Waals surface area contributed by atoms with Gasteiger partial charge < -0.3 is 0 Å². The molecule has 0 bridgehead atoms. The predicted molar refractivity (Wildman–Crippen MR) is 137 cm³/mol. The van der Waals surface area contributed by atoms with E-state index in [1.54, 1.807) is 0 Å². The molecule has 0 aromatic heterocycles. The molecule has 164 valence electrons. The van der Waals surface area contributed by atoms with Crippen LogP contribution < -0.4 is 0 Å². The normalized spacial score (nSPS) is 13.7. The van der Waals surface area contributed by atoms with E-state index in [1.165, 1.54) is 96.1 Å². The standard InChI is InChI=1S/C27H51P/c1-5-9-10-11-12-13-14-15-16-17-18-19-20-21-22-23-27-28(24-6-2,25-7-3)26-8-4/h6-8,15-16,24-26,28H,5,9-14,17-23,27H2,1-4H3. The molecule has 28 heavy (non-hydrogen) atoms. The maximum atomic E-state index is 2.49. The zero-order valence-corrected chi connectivity index (χ0v) is 20.7. The minimum atomic E-state index is -1.45. The first-order valence-corrected chi connectivity index (χ1v) is 14.7. The number of unbranched alkanes of at least 4 members (excludes halogenated alkanes) is 12. The SMILES string of the molecule is CC=C[PH](C=CC)(C=CC)CCCCCCCCC=CCCCCCCCC. The smallest absolute Gasteiger partial charge is 0.0654 e. The maximum absolute atomic E-state index is 2.49. The molecule has 0 radical (unpaired) electrons. The van der Waals surface area contributed by atoms with Gasteiger partial charge in [0.25, 0.3) is 0 Å². The van der Waals surface area contributed by atoms with Gasteiger partial charge in [0.05, 0.1) is 0 Å². The fraction of sp³-hybridized carbons (Fsp3) is 0.704. The van der Waals surface area contributed by atoms with Crippen molar-refractivity contribution in [3.63, 3.8) is 0 Å². The summed E-state index contributed by atoms with van der Waals surface area (Å²) in [5.41, 5.74) is 0. The third-order valence-corrected chi connectivity index (χ3v) is 9.63. The summed E-state index contributed by atoms with van der Waals surface area (Å²) in [5, 5.41) is 0. The Balaban J connectivity index is 3.64. The molecule has 0 N–H and O–H groups in total.